The molecule has 4 nitrogen and oxygen atoms in total. The second-order valence-corrected chi connectivity index (χ2v) is 10.6. The Labute approximate surface area is 261 Å². The molecule has 0 radical (unpaired) electrons. The third-order valence-electron chi connectivity index (χ3n) is 6.54. The first-order valence-corrected chi connectivity index (χ1v) is 14.9. The highest BCUT2D eigenvalue weighted by molar-refractivity contribution is 6.30. The molecular weight excluding hydrogens is 536 g/mol. The van der Waals surface area contributed by atoms with Gasteiger partial charge in [-0.15, -0.1) is 13.2 Å². The average Bonchev–Trinajstić information content (AvgIpc) is 3.00. The quantitative estimate of drug-likeness (QED) is 0.0960. The van der Waals surface area contributed by atoms with Gasteiger partial charge in [-0.1, -0.05) is 110 Å². The van der Waals surface area contributed by atoms with Crippen molar-refractivity contribution in [3.8, 4) is 17.2 Å². The molecule has 0 aliphatic rings. The normalized spacial score (nSPS) is 10.9. The molecule has 0 spiro atoms. The van der Waals surface area contributed by atoms with Crippen LogP contribution in [-0.2, 0) is 12.1 Å². The highest BCUT2D eigenvalue weighted by atomic mass is 35.5. The van der Waals surface area contributed by atoms with Gasteiger partial charge in [0.25, 0.3) is 0 Å². The predicted molar refractivity (Wildman–Crippen MR) is 185 cm³/mol. The Morgan fingerprint density at radius 1 is 1.00 bits per heavy atom. The van der Waals surface area contributed by atoms with E-state index >= 15 is 0 Å². The lowest BCUT2D eigenvalue weighted by Crippen LogP contribution is -2.34. The maximum Gasteiger partial charge on any atom is 0.0817 e. The summed E-state index contributed by atoms with van der Waals surface area (Å²) in [6.45, 7) is 16.2. The van der Waals surface area contributed by atoms with Crippen LogP contribution in [0.5, 0.6) is 0 Å². The Bertz CT molecular complexity index is 1230. The number of rotatable bonds is 12. The standard InChI is InChI=1S/C17H18ClN.C10H14N2.C8H16.C2H3N/c1-4-17(2,19-3)15-9-5-7-13(11-15)14-8-6-10-16(18)12-14;1-9-4-3-5-10(6-9)7-12(2)8-11;1-3-5-7-8-6-4-2;1-2-3/h4-12,19H,1H2,2-3H3;3-6,8,11H,7H2,1-2H3;3H,1,4-8H2,2H3;1H3. The van der Waals surface area contributed by atoms with Crippen LogP contribution in [-0.4, -0.2) is 25.3 Å². The summed E-state index contributed by atoms with van der Waals surface area (Å²) in [6, 6.07) is 26.4. The van der Waals surface area contributed by atoms with Crippen LogP contribution < -0.4 is 5.32 Å². The minimum atomic E-state index is -0.228. The molecule has 0 heterocycles. The summed E-state index contributed by atoms with van der Waals surface area (Å²) in [6.07, 6.45) is 11.9. The second kappa shape index (κ2) is 23.0. The number of likely N-dealkylation sites (N-methyl/N-ethyl adjacent to an activating group) is 1. The van der Waals surface area contributed by atoms with E-state index in [1.165, 1.54) is 62.1 Å². The van der Waals surface area contributed by atoms with Crippen molar-refractivity contribution in [2.45, 2.75) is 71.9 Å². The van der Waals surface area contributed by atoms with Crippen molar-refractivity contribution in [2.24, 2.45) is 0 Å². The summed E-state index contributed by atoms with van der Waals surface area (Å²) >= 11 is 6.05. The fourth-order valence-electron chi connectivity index (χ4n) is 3.91. The van der Waals surface area contributed by atoms with Crippen LogP contribution in [0, 0.1) is 23.7 Å². The molecule has 3 rings (SSSR count). The number of halogens is 1. The lowest BCUT2D eigenvalue weighted by molar-refractivity contribution is 0.506. The Morgan fingerprint density at radius 3 is 2.14 bits per heavy atom. The summed E-state index contributed by atoms with van der Waals surface area (Å²) in [5.74, 6) is 0. The molecule has 226 valence electrons. The topological polar surface area (TPSA) is 62.9 Å². The van der Waals surface area contributed by atoms with Gasteiger partial charge in [0.15, 0.2) is 0 Å². The van der Waals surface area contributed by atoms with Crippen LogP contribution in [0.3, 0.4) is 0 Å². The van der Waals surface area contributed by atoms with Crippen molar-refractivity contribution in [1.29, 1.82) is 10.7 Å². The number of benzene rings is 3. The van der Waals surface area contributed by atoms with Gasteiger partial charge in [-0.2, -0.15) is 5.26 Å². The molecule has 0 bridgehead atoms. The fraction of sp³-hybridized carbons (Fsp3) is 0.351. The van der Waals surface area contributed by atoms with Crippen LogP contribution >= 0.6 is 11.6 Å². The number of unbranched alkanes of at least 4 members (excludes halogenated alkanes) is 4. The van der Waals surface area contributed by atoms with Gasteiger partial charge >= 0.3 is 0 Å². The molecule has 0 amide bonds. The van der Waals surface area contributed by atoms with Crippen LogP contribution in [0.4, 0.5) is 0 Å². The van der Waals surface area contributed by atoms with Gasteiger partial charge in [-0.3, -0.25) is 5.41 Å². The van der Waals surface area contributed by atoms with Gasteiger partial charge in [-0.05, 0) is 74.2 Å². The molecule has 2 N–H and O–H groups in total. The second-order valence-electron chi connectivity index (χ2n) is 10.1. The first kappa shape index (κ1) is 38.4. The third kappa shape index (κ3) is 16.0. The van der Waals surface area contributed by atoms with Crippen molar-refractivity contribution < 1.29 is 0 Å². The molecule has 5 heteroatoms. The number of allylic oxidation sites excluding steroid dienone is 1. The van der Waals surface area contributed by atoms with Gasteiger partial charge < -0.3 is 10.2 Å². The van der Waals surface area contributed by atoms with Crippen molar-refractivity contribution in [1.82, 2.24) is 10.2 Å². The molecule has 0 aliphatic heterocycles. The van der Waals surface area contributed by atoms with Crippen LogP contribution in [0.25, 0.3) is 11.1 Å². The number of hydrogen-bond donors (Lipinski definition) is 2. The SMILES string of the molecule is C=CC(C)(NC)c1cccc(-c2cccc(Cl)c2)c1.C=CCCCCCC.CC#N.Cc1cccc(CN(C)C=N)c1. The van der Waals surface area contributed by atoms with Crippen molar-refractivity contribution in [2.75, 3.05) is 14.1 Å². The molecule has 1 unspecified atom stereocenters. The minimum absolute atomic E-state index is 0.228. The summed E-state index contributed by atoms with van der Waals surface area (Å²) in [4.78, 5) is 1.84. The van der Waals surface area contributed by atoms with E-state index in [0.29, 0.717) is 0 Å². The highest BCUT2D eigenvalue weighted by Gasteiger charge is 2.20. The number of nitrogens with one attached hydrogen (secondary N) is 2. The predicted octanol–water partition coefficient (Wildman–Crippen LogP) is 10.3. The molecule has 1 atom stereocenters. The van der Waals surface area contributed by atoms with E-state index in [2.05, 4.69) is 87.8 Å². The van der Waals surface area contributed by atoms with E-state index in [1.54, 1.807) is 6.07 Å². The maximum absolute atomic E-state index is 7.32. The zero-order valence-electron chi connectivity index (χ0n) is 26.6. The fourth-order valence-corrected chi connectivity index (χ4v) is 4.10. The summed E-state index contributed by atoms with van der Waals surface area (Å²) in [5.41, 5.74) is 5.75. The average molecular weight is 587 g/mol. The first-order valence-electron chi connectivity index (χ1n) is 14.5. The highest BCUT2D eigenvalue weighted by Crippen LogP contribution is 2.28. The summed E-state index contributed by atoms with van der Waals surface area (Å²) < 4.78 is 0. The molecule has 0 fully saturated rings. The van der Waals surface area contributed by atoms with E-state index in [9.17, 15) is 0 Å². The number of aryl methyl sites for hydroxylation is 1. The minimum Gasteiger partial charge on any atom is -0.362 e. The van der Waals surface area contributed by atoms with Crippen molar-refractivity contribution >= 4 is 17.9 Å². The van der Waals surface area contributed by atoms with E-state index in [0.717, 1.165) is 22.7 Å². The Hall–Kier alpha value is -3.65. The molecule has 0 aliphatic carbocycles. The van der Waals surface area contributed by atoms with E-state index in [4.69, 9.17) is 22.3 Å². The zero-order valence-corrected chi connectivity index (χ0v) is 27.3. The number of hydrogen-bond acceptors (Lipinski definition) is 3. The van der Waals surface area contributed by atoms with Crippen LogP contribution in [0.15, 0.2) is 98.1 Å². The van der Waals surface area contributed by atoms with Crippen LogP contribution in [0.1, 0.15) is 69.6 Å². The third-order valence-corrected chi connectivity index (χ3v) is 6.78. The smallest absolute Gasteiger partial charge is 0.0817 e. The molecular formula is C37H51ClN4. The van der Waals surface area contributed by atoms with E-state index in [-0.39, 0.29) is 5.54 Å². The lowest BCUT2D eigenvalue weighted by Gasteiger charge is -2.26. The van der Waals surface area contributed by atoms with Crippen LogP contribution in [0.2, 0.25) is 5.02 Å². The molecule has 0 saturated carbocycles. The van der Waals surface area contributed by atoms with Gasteiger partial charge in [0.2, 0.25) is 0 Å². The first-order chi connectivity index (χ1) is 20.1. The van der Waals surface area contributed by atoms with E-state index in [1.807, 2.05) is 55.4 Å². The van der Waals surface area contributed by atoms with Gasteiger partial charge in [-0.25, -0.2) is 0 Å². The van der Waals surface area contributed by atoms with Gasteiger partial charge in [0.05, 0.1) is 17.9 Å². The van der Waals surface area contributed by atoms with E-state index < -0.39 is 0 Å². The number of nitriles is 1. The molecule has 3 aromatic carbocycles. The summed E-state index contributed by atoms with van der Waals surface area (Å²) in [5, 5.41) is 18.4. The summed E-state index contributed by atoms with van der Waals surface area (Å²) in [7, 11) is 3.84. The Balaban J connectivity index is 0.000000626. The Kier molecular flexibility index (Phi) is 21.0. The molecule has 42 heavy (non-hydrogen) atoms. The molecule has 0 aromatic heterocycles. The molecule has 3 aromatic rings. The zero-order chi connectivity index (χ0) is 31.8. The monoisotopic (exact) mass is 586 g/mol. The maximum atomic E-state index is 7.32. The number of nitrogens with zero attached hydrogens (tertiary/aromatic N) is 2. The lowest BCUT2D eigenvalue weighted by atomic mass is 9.90. The van der Waals surface area contributed by atoms with Gasteiger partial charge in [0, 0.05) is 25.5 Å². The molecule has 0 saturated heterocycles. The van der Waals surface area contributed by atoms with Gasteiger partial charge in [0.1, 0.15) is 0 Å². The van der Waals surface area contributed by atoms with Crippen molar-refractivity contribution in [3.05, 3.63) is 120 Å². The largest absolute Gasteiger partial charge is 0.362 e. The Morgan fingerprint density at radius 2 is 1.62 bits per heavy atom. The van der Waals surface area contributed by atoms with Crippen molar-refractivity contribution in [3.63, 3.8) is 0 Å².